The minimum Gasteiger partial charge on any atom is -0.195 e. The van der Waals surface area contributed by atoms with E-state index in [1.807, 2.05) is 42.5 Å². The van der Waals surface area contributed by atoms with E-state index in [0.29, 0.717) is 5.56 Å². The molecular weight excluding hydrogens is 256 g/mol. The fourth-order valence-corrected chi connectivity index (χ4v) is 2.76. The molecule has 0 N–H and O–H groups in total. The average Bonchev–Trinajstić information content (AvgIpc) is 2.48. The molecule has 1 atom stereocenters. The number of nitriles is 1. The maximum Gasteiger partial charge on any atom is 0.204 e. The Morgan fingerprint density at radius 1 is 1.11 bits per heavy atom. The lowest BCUT2D eigenvalue weighted by atomic mass is 10.1. The maximum absolute atomic E-state index is 10.7. The summed E-state index contributed by atoms with van der Waals surface area (Å²) in [7, 11) is 0. The van der Waals surface area contributed by atoms with E-state index >= 15 is 0 Å². The molecule has 94 valence electrons. The summed E-state index contributed by atoms with van der Waals surface area (Å²) in [5, 5.41) is 11.8. The van der Waals surface area contributed by atoms with Crippen LogP contribution in [0.4, 0.5) is 0 Å². The van der Waals surface area contributed by atoms with Crippen LogP contribution in [0.3, 0.4) is 0 Å². The fourth-order valence-electron chi connectivity index (χ4n) is 1.72. The summed E-state index contributed by atoms with van der Waals surface area (Å²) in [5.41, 5.74) is 1.89. The molecule has 2 aromatic rings. The highest BCUT2D eigenvalue weighted by molar-refractivity contribution is 7.98. The molecule has 0 aliphatic heterocycles. The van der Waals surface area contributed by atoms with Crippen LogP contribution in [0, 0.1) is 16.2 Å². The van der Waals surface area contributed by atoms with Crippen LogP contribution in [-0.4, -0.2) is 0 Å². The van der Waals surface area contributed by atoms with Gasteiger partial charge in [0.25, 0.3) is 0 Å². The van der Waals surface area contributed by atoms with Crippen LogP contribution in [0.25, 0.3) is 0 Å². The Labute approximate surface area is 116 Å². The standard InChI is InChI=1S/C15H12N2OS/c16-10-14(17-18)13-8-4-5-9-15(13)19-11-12-6-2-1-3-7-12/h1-9,14H,11H2. The third-order valence-electron chi connectivity index (χ3n) is 2.68. The molecule has 4 heteroatoms. The zero-order valence-electron chi connectivity index (χ0n) is 10.2. The second-order valence-corrected chi connectivity index (χ2v) is 4.97. The second kappa shape index (κ2) is 6.72. The Kier molecular flexibility index (Phi) is 4.71. The molecule has 0 aliphatic carbocycles. The summed E-state index contributed by atoms with van der Waals surface area (Å²) < 4.78 is 0. The van der Waals surface area contributed by atoms with E-state index in [0.717, 1.165) is 10.6 Å². The van der Waals surface area contributed by atoms with E-state index in [1.54, 1.807) is 17.8 Å². The molecule has 0 bridgehead atoms. The van der Waals surface area contributed by atoms with Crippen LogP contribution in [-0.2, 0) is 5.75 Å². The largest absolute Gasteiger partial charge is 0.204 e. The first-order chi connectivity index (χ1) is 9.35. The highest BCUT2D eigenvalue weighted by Crippen LogP contribution is 2.31. The van der Waals surface area contributed by atoms with Gasteiger partial charge in [0, 0.05) is 16.2 Å². The van der Waals surface area contributed by atoms with Crippen molar-refractivity contribution < 1.29 is 0 Å². The van der Waals surface area contributed by atoms with Crippen LogP contribution in [0.2, 0.25) is 0 Å². The van der Waals surface area contributed by atoms with Crippen molar-refractivity contribution in [3.05, 3.63) is 70.6 Å². The molecule has 0 amide bonds. The minimum absolute atomic E-state index is 0.681. The van der Waals surface area contributed by atoms with Crippen LogP contribution >= 0.6 is 11.8 Å². The molecule has 3 nitrogen and oxygen atoms in total. The first-order valence-corrected chi connectivity index (χ1v) is 6.81. The molecule has 0 spiro atoms. The quantitative estimate of drug-likeness (QED) is 0.599. The number of rotatable bonds is 5. The van der Waals surface area contributed by atoms with Gasteiger partial charge in [-0.25, -0.2) is 0 Å². The highest BCUT2D eigenvalue weighted by atomic mass is 32.2. The summed E-state index contributed by atoms with van der Waals surface area (Å²) in [6.07, 6.45) is 0. The fraction of sp³-hybridized carbons (Fsp3) is 0.133. The SMILES string of the molecule is N#CC(N=O)c1ccccc1SCc1ccccc1. The molecular formula is C15H12N2OS. The maximum atomic E-state index is 10.7. The molecule has 0 saturated heterocycles. The topological polar surface area (TPSA) is 53.2 Å². The Hall–Kier alpha value is -2.12. The van der Waals surface area contributed by atoms with Crippen molar-refractivity contribution in [1.82, 2.24) is 0 Å². The van der Waals surface area contributed by atoms with Crippen molar-refractivity contribution in [3.63, 3.8) is 0 Å². The van der Waals surface area contributed by atoms with Gasteiger partial charge in [-0.15, -0.1) is 16.7 Å². The molecule has 0 aromatic heterocycles. The molecule has 0 heterocycles. The summed E-state index contributed by atoms with van der Waals surface area (Å²) >= 11 is 1.61. The van der Waals surface area contributed by atoms with Crippen LogP contribution in [0.15, 0.2) is 64.7 Å². The van der Waals surface area contributed by atoms with Crippen molar-refractivity contribution in [1.29, 1.82) is 5.26 Å². The van der Waals surface area contributed by atoms with E-state index < -0.39 is 6.04 Å². The van der Waals surface area contributed by atoms with Gasteiger partial charge in [-0.3, -0.25) is 0 Å². The zero-order chi connectivity index (χ0) is 13.5. The lowest BCUT2D eigenvalue weighted by Gasteiger charge is -2.09. The van der Waals surface area contributed by atoms with Crippen molar-refractivity contribution in [2.24, 2.45) is 5.18 Å². The molecule has 19 heavy (non-hydrogen) atoms. The van der Waals surface area contributed by atoms with E-state index in [4.69, 9.17) is 5.26 Å². The van der Waals surface area contributed by atoms with Crippen LogP contribution < -0.4 is 0 Å². The minimum atomic E-state index is -0.931. The van der Waals surface area contributed by atoms with E-state index in [1.165, 1.54) is 5.56 Å². The number of hydrogen-bond acceptors (Lipinski definition) is 4. The van der Waals surface area contributed by atoms with Gasteiger partial charge in [0.15, 0.2) is 0 Å². The van der Waals surface area contributed by atoms with E-state index in [2.05, 4.69) is 17.3 Å². The Bertz CT molecular complexity index is 593. The van der Waals surface area contributed by atoms with E-state index in [-0.39, 0.29) is 0 Å². The van der Waals surface area contributed by atoms with Crippen molar-refractivity contribution in [2.45, 2.75) is 16.7 Å². The molecule has 1 unspecified atom stereocenters. The third kappa shape index (κ3) is 3.43. The predicted octanol–water partition coefficient (Wildman–Crippen LogP) is 4.31. The van der Waals surface area contributed by atoms with Gasteiger partial charge in [-0.1, -0.05) is 48.5 Å². The second-order valence-electron chi connectivity index (χ2n) is 3.95. The van der Waals surface area contributed by atoms with Crippen LogP contribution in [0.5, 0.6) is 0 Å². The van der Waals surface area contributed by atoms with Gasteiger partial charge in [0.05, 0.1) is 6.07 Å². The number of hydrogen-bond donors (Lipinski definition) is 0. The van der Waals surface area contributed by atoms with Gasteiger partial charge in [-0.05, 0) is 16.8 Å². The summed E-state index contributed by atoms with van der Waals surface area (Å²) in [5.74, 6) is 0.800. The summed E-state index contributed by atoms with van der Waals surface area (Å²) in [4.78, 5) is 11.6. The Morgan fingerprint density at radius 3 is 2.47 bits per heavy atom. The summed E-state index contributed by atoms with van der Waals surface area (Å²) in [6.45, 7) is 0. The van der Waals surface area contributed by atoms with Crippen LogP contribution in [0.1, 0.15) is 17.2 Å². The predicted molar refractivity (Wildman–Crippen MR) is 76.6 cm³/mol. The zero-order valence-corrected chi connectivity index (χ0v) is 11.0. The molecule has 0 aliphatic rings. The van der Waals surface area contributed by atoms with Crippen molar-refractivity contribution >= 4 is 11.8 Å². The van der Waals surface area contributed by atoms with Gasteiger partial charge >= 0.3 is 0 Å². The van der Waals surface area contributed by atoms with Crippen molar-refractivity contribution in [3.8, 4) is 6.07 Å². The normalized spacial score (nSPS) is 11.5. The van der Waals surface area contributed by atoms with Gasteiger partial charge in [-0.2, -0.15) is 5.26 Å². The molecule has 2 rings (SSSR count). The molecule has 0 radical (unpaired) electrons. The van der Waals surface area contributed by atoms with Gasteiger partial charge in [0.1, 0.15) is 0 Å². The number of benzene rings is 2. The average molecular weight is 268 g/mol. The number of nitrogens with zero attached hydrogens (tertiary/aromatic N) is 2. The Balaban J connectivity index is 2.17. The Morgan fingerprint density at radius 2 is 1.79 bits per heavy atom. The molecule has 0 saturated carbocycles. The monoisotopic (exact) mass is 268 g/mol. The first-order valence-electron chi connectivity index (χ1n) is 5.83. The lowest BCUT2D eigenvalue weighted by molar-refractivity contribution is 0.889. The smallest absolute Gasteiger partial charge is 0.195 e. The highest BCUT2D eigenvalue weighted by Gasteiger charge is 2.14. The summed E-state index contributed by atoms with van der Waals surface area (Å²) in [6, 6.07) is 18.5. The van der Waals surface area contributed by atoms with Gasteiger partial charge < -0.3 is 0 Å². The lowest BCUT2D eigenvalue weighted by Crippen LogP contribution is -1.94. The number of thioether (sulfide) groups is 1. The molecule has 2 aromatic carbocycles. The van der Waals surface area contributed by atoms with Crippen molar-refractivity contribution in [2.75, 3.05) is 0 Å². The third-order valence-corrected chi connectivity index (χ3v) is 3.84. The van der Waals surface area contributed by atoms with E-state index in [9.17, 15) is 4.91 Å². The first kappa shape index (κ1) is 13.3. The van der Waals surface area contributed by atoms with Gasteiger partial charge in [0.2, 0.25) is 6.04 Å². The molecule has 0 fully saturated rings. The number of nitroso groups, excluding NO2 is 1.